The average molecular weight is 407 g/mol. The molecule has 0 spiro atoms. The van der Waals surface area contributed by atoms with Crippen molar-refractivity contribution < 1.29 is 30.0 Å². The van der Waals surface area contributed by atoms with Crippen molar-refractivity contribution in [2.45, 2.75) is 108 Å². The SMILES string of the molecule is CCCCCCCCCCCCCC[N+](C)(C)C[C@@H](O)[C@@H](O)[C@H](O)[C@H](O)CO. The van der Waals surface area contributed by atoms with Gasteiger partial charge >= 0.3 is 0 Å². The predicted molar refractivity (Wildman–Crippen MR) is 114 cm³/mol. The molecule has 0 unspecified atom stereocenters. The summed E-state index contributed by atoms with van der Waals surface area (Å²) in [6.45, 7) is 2.77. The van der Waals surface area contributed by atoms with Crippen molar-refractivity contribution >= 4 is 0 Å². The lowest BCUT2D eigenvalue weighted by Crippen LogP contribution is -2.54. The molecule has 4 atom stereocenters. The highest BCUT2D eigenvalue weighted by atomic mass is 16.4. The van der Waals surface area contributed by atoms with Crippen LogP contribution >= 0.6 is 0 Å². The standard InChI is InChI=1S/C22H48NO5/c1-4-5-6-7-8-9-10-11-12-13-14-15-16-23(2,3)17-19(25)21(27)22(28)20(26)18-24/h19-22,24-28H,4-18H2,1-3H3/q+1/t19-,20-,21-,22-/m1/s1. The highest BCUT2D eigenvalue weighted by molar-refractivity contribution is 4.80. The van der Waals surface area contributed by atoms with Crippen molar-refractivity contribution in [3.05, 3.63) is 0 Å². The molecule has 0 bridgehead atoms. The molecule has 6 nitrogen and oxygen atoms in total. The van der Waals surface area contributed by atoms with Crippen LogP contribution in [0.4, 0.5) is 0 Å². The number of aliphatic hydroxyl groups is 5. The molecule has 28 heavy (non-hydrogen) atoms. The lowest BCUT2D eigenvalue weighted by atomic mass is 10.0. The van der Waals surface area contributed by atoms with Gasteiger partial charge in [0.25, 0.3) is 0 Å². The van der Waals surface area contributed by atoms with Crippen LogP contribution in [0.1, 0.15) is 84.0 Å². The Kier molecular flexibility index (Phi) is 16.4. The molecule has 0 aliphatic rings. The summed E-state index contributed by atoms with van der Waals surface area (Å²) in [6.07, 6.45) is 10.0. The lowest BCUT2D eigenvalue weighted by molar-refractivity contribution is -0.894. The first-order chi connectivity index (χ1) is 13.2. The molecule has 6 heteroatoms. The van der Waals surface area contributed by atoms with Crippen molar-refractivity contribution in [3.8, 4) is 0 Å². The number of quaternary nitrogens is 1. The van der Waals surface area contributed by atoms with Gasteiger partial charge in [0, 0.05) is 0 Å². The van der Waals surface area contributed by atoms with E-state index in [9.17, 15) is 20.4 Å². The van der Waals surface area contributed by atoms with Crippen molar-refractivity contribution in [2.75, 3.05) is 33.8 Å². The van der Waals surface area contributed by atoms with Gasteiger partial charge < -0.3 is 30.0 Å². The predicted octanol–water partition coefficient (Wildman–Crippen LogP) is 2.20. The van der Waals surface area contributed by atoms with E-state index < -0.39 is 31.0 Å². The maximum absolute atomic E-state index is 10.1. The van der Waals surface area contributed by atoms with E-state index >= 15 is 0 Å². The summed E-state index contributed by atoms with van der Waals surface area (Å²) < 4.78 is 0.540. The molecule has 0 saturated heterocycles. The van der Waals surface area contributed by atoms with E-state index in [1.54, 1.807) is 0 Å². The molecule has 0 heterocycles. The number of hydrogen-bond acceptors (Lipinski definition) is 5. The molecule has 170 valence electrons. The van der Waals surface area contributed by atoms with Gasteiger partial charge in [0.2, 0.25) is 0 Å². The van der Waals surface area contributed by atoms with Gasteiger partial charge in [-0.25, -0.2) is 0 Å². The minimum Gasteiger partial charge on any atom is -0.394 e. The second kappa shape index (κ2) is 16.5. The van der Waals surface area contributed by atoms with E-state index in [4.69, 9.17) is 5.11 Å². The molecule has 0 saturated carbocycles. The number of likely N-dealkylation sites (N-methyl/N-ethyl adjacent to an activating group) is 1. The Morgan fingerprint density at radius 3 is 1.43 bits per heavy atom. The summed E-state index contributed by atoms with van der Waals surface area (Å²) in [5, 5.41) is 48.0. The molecule has 0 radical (unpaired) electrons. The number of nitrogens with zero attached hydrogens (tertiary/aromatic N) is 1. The maximum Gasteiger partial charge on any atom is 0.131 e. The average Bonchev–Trinajstić information content (AvgIpc) is 2.66. The van der Waals surface area contributed by atoms with E-state index in [-0.39, 0.29) is 6.54 Å². The van der Waals surface area contributed by atoms with Crippen LogP contribution in [0.2, 0.25) is 0 Å². The van der Waals surface area contributed by atoms with Crippen LogP contribution in [0.25, 0.3) is 0 Å². The van der Waals surface area contributed by atoms with Gasteiger partial charge in [-0.1, -0.05) is 71.1 Å². The van der Waals surface area contributed by atoms with Crippen LogP contribution in [0, 0.1) is 0 Å². The Morgan fingerprint density at radius 2 is 1.00 bits per heavy atom. The third-order valence-corrected chi connectivity index (χ3v) is 5.62. The van der Waals surface area contributed by atoms with Crippen molar-refractivity contribution in [3.63, 3.8) is 0 Å². The fraction of sp³-hybridized carbons (Fsp3) is 1.00. The van der Waals surface area contributed by atoms with Crippen molar-refractivity contribution in [2.24, 2.45) is 0 Å². The van der Waals surface area contributed by atoms with E-state index in [1.807, 2.05) is 14.1 Å². The molecule has 0 aliphatic heterocycles. The van der Waals surface area contributed by atoms with Crippen molar-refractivity contribution in [1.29, 1.82) is 0 Å². The number of rotatable bonds is 19. The Morgan fingerprint density at radius 1 is 0.607 bits per heavy atom. The third-order valence-electron chi connectivity index (χ3n) is 5.62. The largest absolute Gasteiger partial charge is 0.394 e. The molecular weight excluding hydrogens is 358 g/mol. The van der Waals surface area contributed by atoms with E-state index in [1.165, 1.54) is 70.6 Å². The summed E-state index contributed by atoms with van der Waals surface area (Å²) in [6, 6.07) is 0. The Bertz CT molecular complexity index is 354. The highest BCUT2D eigenvalue weighted by Crippen LogP contribution is 2.14. The molecule has 0 fully saturated rings. The van der Waals surface area contributed by atoms with E-state index in [0.29, 0.717) is 4.48 Å². The van der Waals surface area contributed by atoms with Gasteiger partial charge in [0.15, 0.2) is 0 Å². The first kappa shape index (κ1) is 27.8. The van der Waals surface area contributed by atoms with Crippen LogP contribution in [-0.2, 0) is 0 Å². The van der Waals surface area contributed by atoms with Gasteiger partial charge in [-0.15, -0.1) is 0 Å². The zero-order chi connectivity index (χ0) is 21.4. The minimum atomic E-state index is -1.55. The molecule has 5 N–H and O–H groups in total. The minimum absolute atomic E-state index is 0.286. The Balaban J connectivity index is 3.76. The van der Waals surface area contributed by atoms with Crippen LogP contribution < -0.4 is 0 Å². The van der Waals surface area contributed by atoms with E-state index in [2.05, 4.69) is 6.92 Å². The number of hydrogen-bond donors (Lipinski definition) is 5. The van der Waals surface area contributed by atoms with E-state index in [0.717, 1.165) is 13.0 Å². The molecule has 0 rings (SSSR count). The van der Waals surface area contributed by atoms with Gasteiger partial charge in [-0.2, -0.15) is 0 Å². The van der Waals surface area contributed by atoms with Crippen molar-refractivity contribution in [1.82, 2.24) is 0 Å². The number of aliphatic hydroxyl groups excluding tert-OH is 5. The fourth-order valence-corrected chi connectivity index (χ4v) is 3.65. The van der Waals surface area contributed by atoms with Gasteiger partial charge in [-0.05, 0) is 12.8 Å². The van der Waals surface area contributed by atoms with Crippen LogP contribution in [-0.4, -0.2) is 88.2 Å². The summed E-state index contributed by atoms with van der Waals surface area (Å²) in [7, 11) is 3.98. The monoisotopic (exact) mass is 406 g/mol. The first-order valence-electron chi connectivity index (χ1n) is 11.4. The Labute approximate surface area is 172 Å². The van der Waals surface area contributed by atoms with Gasteiger partial charge in [0.05, 0.1) is 27.2 Å². The quantitative estimate of drug-likeness (QED) is 0.167. The molecule has 0 aliphatic carbocycles. The second-order valence-electron chi connectivity index (χ2n) is 9.03. The number of unbranched alkanes of at least 4 members (excludes halogenated alkanes) is 11. The highest BCUT2D eigenvalue weighted by Gasteiger charge is 2.33. The van der Waals surface area contributed by atoms with Crippen LogP contribution in [0.3, 0.4) is 0 Å². The maximum atomic E-state index is 10.1. The summed E-state index contributed by atoms with van der Waals surface area (Å²) in [5.74, 6) is 0. The molecule has 0 aromatic carbocycles. The Hall–Kier alpha value is -0.240. The van der Waals surface area contributed by atoms with Crippen LogP contribution in [0.15, 0.2) is 0 Å². The molecule has 0 aromatic rings. The summed E-state index contributed by atoms with van der Waals surface area (Å²) in [4.78, 5) is 0. The summed E-state index contributed by atoms with van der Waals surface area (Å²) in [5.41, 5.74) is 0. The lowest BCUT2D eigenvalue weighted by Gasteiger charge is -2.34. The summed E-state index contributed by atoms with van der Waals surface area (Å²) >= 11 is 0. The second-order valence-corrected chi connectivity index (χ2v) is 9.03. The molecule has 0 aromatic heterocycles. The third kappa shape index (κ3) is 13.9. The molecule has 0 amide bonds. The first-order valence-corrected chi connectivity index (χ1v) is 11.4. The topological polar surface area (TPSA) is 101 Å². The zero-order valence-electron chi connectivity index (χ0n) is 18.6. The zero-order valence-corrected chi connectivity index (χ0v) is 18.6. The smallest absolute Gasteiger partial charge is 0.131 e. The van der Waals surface area contributed by atoms with Gasteiger partial charge in [0.1, 0.15) is 31.0 Å². The van der Waals surface area contributed by atoms with Gasteiger partial charge in [-0.3, -0.25) is 0 Å². The molecular formula is C22H48NO5+. The fourth-order valence-electron chi connectivity index (χ4n) is 3.65. The van der Waals surface area contributed by atoms with Crippen LogP contribution in [0.5, 0.6) is 0 Å². The normalized spacial score (nSPS) is 16.7.